The third kappa shape index (κ3) is 4.94. The average molecular weight is 422 g/mol. The molecule has 4 rings (SSSR count). The van der Waals surface area contributed by atoms with Crippen LogP contribution in [0.4, 0.5) is 5.82 Å². The number of nitrogens with zero attached hydrogens (tertiary/aromatic N) is 2. The fourth-order valence-corrected chi connectivity index (χ4v) is 4.81. The maximum Gasteiger partial charge on any atom is 0.220 e. The number of hydrogen-bond donors (Lipinski definition) is 2. The maximum atomic E-state index is 12.4. The Kier molecular flexibility index (Phi) is 7.83. The SMILES string of the molecule is Cl.Cl.O=C(CC1CC2CCC(C1)N2)NC1CCN(c2ncccc2Cl)C1. The Morgan fingerprint density at radius 1 is 1.27 bits per heavy atom. The minimum atomic E-state index is 0. The van der Waals surface area contributed by atoms with E-state index in [1.165, 1.54) is 12.8 Å². The highest BCUT2D eigenvalue weighted by Crippen LogP contribution is 2.32. The monoisotopic (exact) mass is 420 g/mol. The summed E-state index contributed by atoms with van der Waals surface area (Å²) in [6.07, 6.45) is 8.27. The van der Waals surface area contributed by atoms with Gasteiger partial charge in [0.25, 0.3) is 0 Å². The van der Waals surface area contributed by atoms with Crippen molar-refractivity contribution in [3.63, 3.8) is 0 Å². The maximum absolute atomic E-state index is 12.4. The van der Waals surface area contributed by atoms with Crippen LogP contribution in [0.5, 0.6) is 0 Å². The number of rotatable bonds is 4. The predicted molar refractivity (Wildman–Crippen MR) is 110 cm³/mol. The van der Waals surface area contributed by atoms with E-state index in [0.717, 1.165) is 38.2 Å². The highest BCUT2D eigenvalue weighted by Gasteiger charge is 2.34. The standard InChI is InChI=1S/C18H25ClN4O.2ClH/c19-16-2-1-6-20-18(16)23-7-5-15(11-23)22-17(24)10-12-8-13-3-4-14(9-12)21-13;;/h1-2,6,12-15,21H,3-5,7-11H2,(H,22,24);2*1H. The van der Waals surface area contributed by atoms with E-state index in [1.807, 2.05) is 12.1 Å². The second kappa shape index (κ2) is 9.45. The Labute approximate surface area is 172 Å². The van der Waals surface area contributed by atoms with Gasteiger partial charge < -0.3 is 15.5 Å². The molecule has 0 aromatic carbocycles. The van der Waals surface area contributed by atoms with Crippen LogP contribution in [0.1, 0.15) is 38.5 Å². The van der Waals surface area contributed by atoms with Gasteiger partial charge in [0.2, 0.25) is 5.91 Å². The highest BCUT2D eigenvalue weighted by molar-refractivity contribution is 6.32. The largest absolute Gasteiger partial charge is 0.353 e. The summed E-state index contributed by atoms with van der Waals surface area (Å²) in [5.74, 6) is 1.58. The summed E-state index contributed by atoms with van der Waals surface area (Å²) in [5.41, 5.74) is 0. The molecule has 2 N–H and O–H groups in total. The fraction of sp³-hybridized carbons (Fsp3) is 0.667. The third-order valence-corrected chi connectivity index (χ3v) is 5.93. The van der Waals surface area contributed by atoms with Crippen molar-refractivity contribution in [2.45, 2.75) is 56.7 Å². The molecule has 1 amide bonds. The molecule has 3 unspecified atom stereocenters. The molecule has 146 valence electrons. The number of piperidine rings is 1. The van der Waals surface area contributed by atoms with Gasteiger partial charge in [-0.3, -0.25) is 4.79 Å². The fourth-order valence-electron chi connectivity index (χ4n) is 4.57. The molecule has 0 radical (unpaired) electrons. The van der Waals surface area contributed by atoms with Gasteiger partial charge in [-0.25, -0.2) is 4.98 Å². The lowest BCUT2D eigenvalue weighted by Gasteiger charge is -2.29. The van der Waals surface area contributed by atoms with E-state index in [-0.39, 0.29) is 36.8 Å². The summed E-state index contributed by atoms with van der Waals surface area (Å²) in [5, 5.41) is 7.54. The van der Waals surface area contributed by atoms with Crippen LogP contribution in [-0.2, 0) is 4.79 Å². The van der Waals surface area contributed by atoms with Gasteiger partial charge in [-0.15, -0.1) is 24.8 Å². The Morgan fingerprint density at radius 2 is 2.00 bits per heavy atom. The van der Waals surface area contributed by atoms with E-state index in [0.29, 0.717) is 29.4 Å². The van der Waals surface area contributed by atoms with Crippen molar-refractivity contribution in [3.05, 3.63) is 23.4 Å². The molecule has 0 aliphatic carbocycles. The molecule has 1 aromatic rings. The molecule has 26 heavy (non-hydrogen) atoms. The molecule has 0 saturated carbocycles. The summed E-state index contributed by atoms with van der Waals surface area (Å²) >= 11 is 6.22. The number of halogens is 3. The van der Waals surface area contributed by atoms with E-state index in [9.17, 15) is 4.79 Å². The number of fused-ring (bicyclic) bond motifs is 2. The van der Waals surface area contributed by atoms with Crippen molar-refractivity contribution < 1.29 is 4.79 Å². The highest BCUT2D eigenvalue weighted by atomic mass is 35.5. The number of carbonyl (C=O) groups excluding carboxylic acids is 1. The number of nitrogens with one attached hydrogen (secondary N) is 2. The molecule has 8 heteroatoms. The first-order chi connectivity index (χ1) is 11.7. The number of anilines is 1. The van der Waals surface area contributed by atoms with E-state index < -0.39 is 0 Å². The first-order valence-electron chi connectivity index (χ1n) is 9.08. The van der Waals surface area contributed by atoms with Crippen molar-refractivity contribution in [1.82, 2.24) is 15.6 Å². The lowest BCUT2D eigenvalue weighted by Crippen LogP contribution is -2.42. The number of amides is 1. The van der Waals surface area contributed by atoms with Crippen LogP contribution in [0, 0.1) is 5.92 Å². The van der Waals surface area contributed by atoms with Gasteiger partial charge in [0.15, 0.2) is 0 Å². The van der Waals surface area contributed by atoms with Gasteiger partial charge in [-0.2, -0.15) is 0 Å². The lowest BCUT2D eigenvalue weighted by atomic mass is 9.89. The Balaban J connectivity index is 0.00000121. The van der Waals surface area contributed by atoms with Crippen LogP contribution in [0.15, 0.2) is 18.3 Å². The molecule has 3 aliphatic heterocycles. The van der Waals surface area contributed by atoms with Gasteiger partial charge in [0.05, 0.1) is 5.02 Å². The molecule has 2 bridgehead atoms. The first kappa shape index (κ1) is 21.5. The Hall–Kier alpha value is -0.750. The summed E-state index contributed by atoms with van der Waals surface area (Å²) in [4.78, 5) is 18.9. The van der Waals surface area contributed by atoms with E-state index in [4.69, 9.17) is 11.6 Å². The minimum absolute atomic E-state index is 0. The van der Waals surface area contributed by atoms with Crippen LogP contribution >= 0.6 is 36.4 Å². The van der Waals surface area contributed by atoms with E-state index in [1.54, 1.807) is 6.20 Å². The van der Waals surface area contributed by atoms with Gasteiger partial charge in [-0.05, 0) is 50.2 Å². The quantitative estimate of drug-likeness (QED) is 0.784. The van der Waals surface area contributed by atoms with E-state index >= 15 is 0 Å². The molecule has 3 fully saturated rings. The average Bonchev–Trinajstić information content (AvgIpc) is 3.14. The molecule has 5 nitrogen and oxygen atoms in total. The summed E-state index contributed by atoms with van der Waals surface area (Å²) in [6.45, 7) is 1.68. The molecule has 1 aromatic heterocycles. The zero-order valence-corrected chi connectivity index (χ0v) is 17.1. The van der Waals surface area contributed by atoms with Crippen molar-refractivity contribution >= 4 is 48.1 Å². The molecule has 3 atom stereocenters. The Bertz CT molecular complexity index is 606. The number of carbonyl (C=O) groups is 1. The van der Waals surface area contributed by atoms with Crippen LogP contribution < -0.4 is 15.5 Å². The molecular formula is C18H27Cl3N4O. The van der Waals surface area contributed by atoms with Crippen molar-refractivity contribution in [1.29, 1.82) is 0 Å². The van der Waals surface area contributed by atoms with Crippen LogP contribution in [0.2, 0.25) is 5.02 Å². The molecule has 3 aliphatic rings. The predicted octanol–water partition coefficient (Wildman–Crippen LogP) is 3.19. The second-order valence-electron chi connectivity index (χ2n) is 7.49. The van der Waals surface area contributed by atoms with E-state index in [2.05, 4.69) is 20.5 Å². The first-order valence-corrected chi connectivity index (χ1v) is 9.46. The zero-order valence-electron chi connectivity index (χ0n) is 14.7. The summed E-state index contributed by atoms with van der Waals surface area (Å²) in [6, 6.07) is 5.20. The van der Waals surface area contributed by atoms with Gasteiger partial charge in [-0.1, -0.05) is 11.6 Å². The number of hydrogen-bond acceptors (Lipinski definition) is 4. The molecular weight excluding hydrogens is 395 g/mol. The van der Waals surface area contributed by atoms with Gasteiger partial charge >= 0.3 is 0 Å². The third-order valence-electron chi connectivity index (χ3n) is 5.64. The topological polar surface area (TPSA) is 57.3 Å². The molecule has 3 saturated heterocycles. The molecule has 4 heterocycles. The van der Waals surface area contributed by atoms with Gasteiger partial charge in [0.1, 0.15) is 5.82 Å². The number of pyridine rings is 1. The molecule has 0 spiro atoms. The van der Waals surface area contributed by atoms with Crippen molar-refractivity contribution in [2.24, 2.45) is 5.92 Å². The second-order valence-corrected chi connectivity index (χ2v) is 7.89. The minimum Gasteiger partial charge on any atom is -0.353 e. The summed E-state index contributed by atoms with van der Waals surface area (Å²) in [7, 11) is 0. The van der Waals surface area contributed by atoms with Crippen LogP contribution in [0.3, 0.4) is 0 Å². The van der Waals surface area contributed by atoms with Gasteiger partial charge in [0, 0.05) is 43.8 Å². The van der Waals surface area contributed by atoms with Crippen molar-refractivity contribution in [3.8, 4) is 0 Å². The zero-order chi connectivity index (χ0) is 16.5. The Morgan fingerprint density at radius 3 is 2.69 bits per heavy atom. The normalized spacial score (nSPS) is 29.7. The number of aromatic nitrogens is 1. The van der Waals surface area contributed by atoms with Crippen molar-refractivity contribution in [2.75, 3.05) is 18.0 Å². The smallest absolute Gasteiger partial charge is 0.220 e. The van der Waals surface area contributed by atoms with Crippen LogP contribution in [-0.4, -0.2) is 42.1 Å². The van der Waals surface area contributed by atoms with Crippen LogP contribution in [0.25, 0.3) is 0 Å². The lowest BCUT2D eigenvalue weighted by molar-refractivity contribution is -0.122. The summed E-state index contributed by atoms with van der Waals surface area (Å²) < 4.78 is 0.